The lowest BCUT2D eigenvalue weighted by Crippen LogP contribution is -2.50. The summed E-state index contributed by atoms with van der Waals surface area (Å²) in [4.78, 5) is 27.7. The Bertz CT molecular complexity index is 816. The summed E-state index contributed by atoms with van der Waals surface area (Å²) in [7, 11) is -3.83. The van der Waals surface area contributed by atoms with Crippen molar-refractivity contribution in [1.82, 2.24) is 14.1 Å². The first kappa shape index (κ1) is 23.9. The molecule has 2 rings (SSSR count). The van der Waals surface area contributed by atoms with Crippen LogP contribution in [0.2, 0.25) is 10.0 Å². The van der Waals surface area contributed by atoms with Gasteiger partial charge in [0.1, 0.15) is 4.90 Å². The molecule has 162 valence electrons. The summed E-state index contributed by atoms with van der Waals surface area (Å²) in [6, 6.07) is 4.56. The van der Waals surface area contributed by atoms with Crippen molar-refractivity contribution < 1.29 is 18.0 Å². The second-order valence-corrected chi connectivity index (χ2v) is 9.44. The number of hydrogen-bond donors (Lipinski definition) is 0. The number of rotatable bonds is 8. The Morgan fingerprint density at radius 1 is 1.00 bits per heavy atom. The van der Waals surface area contributed by atoms with E-state index in [4.69, 9.17) is 23.2 Å². The van der Waals surface area contributed by atoms with E-state index in [1.807, 2.05) is 13.8 Å². The van der Waals surface area contributed by atoms with Crippen molar-refractivity contribution in [2.45, 2.75) is 38.0 Å². The van der Waals surface area contributed by atoms with E-state index < -0.39 is 10.0 Å². The maximum atomic E-state index is 12.9. The summed E-state index contributed by atoms with van der Waals surface area (Å²) in [6.45, 7) is 6.12. The zero-order valence-corrected chi connectivity index (χ0v) is 19.1. The van der Waals surface area contributed by atoms with Gasteiger partial charge in [-0.2, -0.15) is 4.31 Å². The van der Waals surface area contributed by atoms with Crippen LogP contribution in [-0.2, 0) is 19.6 Å². The number of halogens is 2. The van der Waals surface area contributed by atoms with E-state index in [0.29, 0.717) is 39.0 Å². The van der Waals surface area contributed by atoms with E-state index in [2.05, 4.69) is 0 Å². The molecule has 0 spiro atoms. The number of carbonyl (C=O) groups excluding carboxylic acids is 2. The summed E-state index contributed by atoms with van der Waals surface area (Å²) in [5.41, 5.74) is 0. The molecule has 0 N–H and O–H groups in total. The van der Waals surface area contributed by atoms with Gasteiger partial charge in [0, 0.05) is 52.1 Å². The molecule has 7 nitrogen and oxygen atoms in total. The summed E-state index contributed by atoms with van der Waals surface area (Å²) < 4.78 is 27.1. The van der Waals surface area contributed by atoms with Crippen molar-refractivity contribution in [1.29, 1.82) is 0 Å². The van der Waals surface area contributed by atoms with Crippen LogP contribution in [0.25, 0.3) is 0 Å². The van der Waals surface area contributed by atoms with Crippen LogP contribution in [0.5, 0.6) is 0 Å². The molecule has 1 aromatic carbocycles. The van der Waals surface area contributed by atoms with Crippen LogP contribution in [0.4, 0.5) is 0 Å². The second kappa shape index (κ2) is 10.6. The summed E-state index contributed by atoms with van der Waals surface area (Å²) in [5, 5.41) is 0.155. The topological polar surface area (TPSA) is 78.0 Å². The molecule has 1 fully saturated rings. The van der Waals surface area contributed by atoms with Gasteiger partial charge in [-0.3, -0.25) is 9.59 Å². The molecule has 1 heterocycles. The SMILES string of the molecule is CCN(CC)C(=O)CCCC(=O)N1CCN(S(=O)(=O)c2c(Cl)cccc2Cl)CC1. The first-order chi connectivity index (χ1) is 13.7. The predicted molar refractivity (Wildman–Crippen MR) is 114 cm³/mol. The van der Waals surface area contributed by atoms with Gasteiger partial charge in [-0.05, 0) is 32.4 Å². The van der Waals surface area contributed by atoms with Gasteiger partial charge >= 0.3 is 0 Å². The van der Waals surface area contributed by atoms with Crippen LogP contribution in [0.3, 0.4) is 0 Å². The third-order valence-corrected chi connectivity index (χ3v) is 7.86. The minimum atomic E-state index is -3.83. The molecule has 10 heteroatoms. The number of hydrogen-bond acceptors (Lipinski definition) is 4. The highest BCUT2D eigenvalue weighted by atomic mass is 35.5. The minimum Gasteiger partial charge on any atom is -0.343 e. The van der Waals surface area contributed by atoms with Crippen LogP contribution in [0.1, 0.15) is 33.1 Å². The fraction of sp³-hybridized carbons (Fsp3) is 0.579. The molecule has 0 saturated carbocycles. The highest BCUT2D eigenvalue weighted by molar-refractivity contribution is 7.89. The third-order valence-electron chi connectivity index (χ3n) is 5.01. The standard InChI is InChI=1S/C19H27Cl2N3O4S/c1-3-22(4-2)17(25)9-6-10-18(26)23-11-13-24(14-12-23)29(27,28)19-15(20)7-5-8-16(19)21/h5,7-8H,3-4,6,9-14H2,1-2H3. The van der Waals surface area contributed by atoms with Crippen molar-refractivity contribution in [3.05, 3.63) is 28.2 Å². The van der Waals surface area contributed by atoms with E-state index in [1.165, 1.54) is 16.4 Å². The maximum Gasteiger partial charge on any atom is 0.246 e. The van der Waals surface area contributed by atoms with Gasteiger partial charge in [-0.25, -0.2) is 8.42 Å². The normalized spacial score (nSPS) is 15.4. The van der Waals surface area contributed by atoms with E-state index in [-0.39, 0.29) is 46.3 Å². The molecular weight excluding hydrogens is 437 g/mol. The van der Waals surface area contributed by atoms with Crippen LogP contribution >= 0.6 is 23.2 Å². The van der Waals surface area contributed by atoms with E-state index in [9.17, 15) is 18.0 Å². The number of nitrogens with zero attached hydrogens (tertiary/aromatic N) is 3. The Kier molecular flexibility index (Phi) is 8.75. The van der Waals surface area contributed by atoms with Crippen LogP contribution < -0.4 is 0 Å². The molecule has 0 aromatic heterocycles. The van der Waals surface area contributed by atoms with Gasteiger partial charge in [0.15, 0.2) is 0 Å². The molecule has 0 atom stereocenters. The zero-order chi connectivity index (χ0) is 21.6. The van der Waals surface area contributed by atoms with Gasteiger partial charge < -0.3 is 9.80 Å². The Labute approximate surface area is 182 Å². The van der Waals surface area contributed by atoms with Crippen LogP contribution in [-0.4, -0.2) is 73.6 Å². The Hall–Kier alpha value is -1.35. The molecule has 2 amide bonds. The highest BCUT2D eigenvalue weighted by Gasteiger charge is 2.32. The first-order valence-electron chi connectivity index (χ1n) is 9.72. The van der Waals surface area contributed by atoms with Gasteiger partial charge in [-0.15, -0.1) is 0 Å². The van der Waals surface area contributed by atoms with E-state index in [1.54, 1.807) is 15.9 Å². The number of benzene rings is 1. The molecular formula is C19H27Cl2N3O4S. The fourth-order valence-corrected chi connectivity index (χ4v) is 5.83. The molecule has 0 bridgehead atoms. The van der Waals surface area contributed by atoms with E-state index in [0.717, 1.165) is 0 Å². The molecule has 0 aliphatic carbocycles. The van der Waals surface area contributed by atoms with Crippen molar-refractivity contribution >= 4 is 45.0 Å². The summed E-state index contributed by atoms with van der Waals surface area (Å²) in [6.07, 6.45) is 1.10. The summed E-state index contributed by atoms with van der Waals surface area (Å²) >= 11 is 12.1. The van der Waals surface area contributed by atoms with Gasteiger partial charge in [0.05, 0.1) is 10.0 Å². The van der Waals surface area contributed by atoms with Crippen molar-refractivity contribution in [3.63, 3.8) is 0 Å². The third kappa shape index (κ3) is 5.84. The number of amides is 2. The molecule has 1 saturated heterocycles. The monoisotopic (exact) mass is 463 g/mol. The Morgan fingerprint density at radius 3 is 2.07 bits per heavy atom. The molecule has 0 radical (unpaired) electrons. The van der Waals surface area contributed by atoms with Gasteiger partial charge in [0.25, 0.3) is 0 Å². The Morgan fingerprint density at radius 2 is 1.55 bits per heavy atom. The first-order valence-corrected chi connectivity index (χ1v) is 11.9. The lowest BCUT2D eigenvalue weighted by molar-refractivity contribution is -0.133. The quantitative estimate of drug-likeness (QED) is 0.593. The minimum absolute atomic E-state index is 0.0512. The predicted octanol–water partition coefficient (Wildman–Crippen LogP) is 2.87. The number of piperazine rings is 1. The van der Waals surface area contributed by atoms with Crippen molar-refractivity contribution in [3.8, 4) is 0 Å². The molecule has 1 aliphatic heterocycles. The molecule has 29 heavy (non-hydrogen) atoms. The van der Waals surface area contributed by atoms with Crippen LogP contribution in [0.15, 0.2) is 23.1 Å². The summed E-state index contributed by atoms with van der Waals surface area (Å²) in [5.74, 6) is -0.0134. The highest BCUT2D eigenvalue weighted by Crippen LogP contribution is 2.31. The maximum absolute atomic E-state index is 12.9. The number of carbonyl (C=O) groups is 2. The molecule has 1 aromatic rings. The lowest BCUT2D eigenvalue weighted by Gasteiger charge is -2.34. The van der Waals surface area contributed by atoms with Gasteiger partial charge in [-0.1, -0.05) is 29.3 Å². The smallest absolute Gasteiger partial charge is 0.246 e. The van der Waals surface area contributed by atoms with Gasteiger partial charge in [0.2, 0.25) is 21.8 Å². The molecule has 1 aliphatic rings. The largest absolute Gasteiger partial charge is 0.343 e. The zero-order valence-electron chi connectivity index (χ0n) is 16.7. The van der Waals surface area contributed by atoms with Crippen LogP contribution in [0, 0.1) is 0 Å². The average molecular weight is 464 g/mol. The Balaban J connectivity index is 1.88. The number of sulfonamides is 1. The van der Waals surface area contributed by atoms with Crippen molar-refractivity contribution in [2.75, 3.05) is 39.3 Å². The lowest BCUT2D eigenvalue weighted by atomic mass is 10.2. The fourth-order valence-electron chi connectivity index (χ4n) is 3.32. The van der Waals surface area contributed by atoms with E-state index >= 15 is 0 Å². The second-order valence-electron chi connectivity index (χ2n) is 6.76. The molecule has 0 unspecified atom stereocenters. The average Bonchev–Trinajstić information content (AvgIpc) is 2.68. The van der Waals surface area contributed by atoms with Crippen molar-refractivity contribution in [2.24, 2.45) is 0 Å².